The van der Waals surface area contributed by atoms with Crippen molar-refractivity contribution in [3.63, 3.8) is 0 Å². The normalized spacial score (nSPS) is 11.3. The highest BCUT2D eigenvalue weighted by atomic mass is 16.2. The first kappa shape index (κ1) is 20.6. The van der Waals surface area contributed by atoms with E-state index in [9.17, 15) is 9.59 Å². The summed E-state index contributed by atoms with van der Waals surface area (Å²) in [4.78, 5) is 28.7. The molecule has 2 amide bonds. The van der Waals surface area contributed by atoms with Gasteiger partial charge in [0.2, 0.25) is 5.91 Å². The van der Waals surface area contributed by atoms with Crippen LogP contribution in [0.3, 0.4) is 0 Å². The van der Waals surface area contributed by atoms with E-state index in [1.165, 1.54) is 11.8 Å². The molecule has 2 N–H and O–H groups in total. The van der Waals surface area contributed by atoms with Gasteiger partial charge in [-0.15, -0.1) is 0 Å². The number of nitrogens with one attached hydrogen (secondary N) is 2. The minimum absolute atomic E-state index is 0.120. The minimum atomic E-state index is -0.348. The molecule has 2 rings (SSSR count). The number of hydrogen-bond acceptors (Lipinski definition) is 3. The Bertz CT molecular complexity index is 807. The van der Waals surface area contributed by atoms with Crippen molar-refractivity contribution in [2.75, 3.05) is 5.32 Å². The summed E-state index contributed by atoms with van der Waals surface area (Å²) in [5.41, 5.74) is 2.71. The molecule has 2 aromatic rings. The molecule has 144 valence electrons. The maximum Gasteiger partial charge on any atom is 0.270 e. The zero-order valence-corrected chi connectivity index (χ0v) is 16.8. The lowest BCUT2D eigenvalue weighted by Crippen LogP contribution is -2.40. The summed E-state index contributed by atoms with van der Waals surface area (Å²) in [7, 11) is 0. The van der Waals surface area contributed by atoms with E-state index in [4.69, 9.17) is 0 Å². The van der Waals surface area contributed by atoms with Crippen molar-refractivity contribution in [3.8, 4) is 0 Å². The second-order valence-corrected chi connectivity index (χ2v) is 8.28. The Balaban J connectivity index is 2.02. The predicted octanol–water partition coefficient (Wildman–Crippen LogP) is 3.99. The molecule has 0 atom stereocenters. The molecule has 0 unspecified atom stereocenters. The van der Waals surface area contributed by atoms with E-state index >= 15 is 0 Å². The fourth-order valence-electron chi connectivity index (χ4n) is 2.77. The van der Waals surface area contributed by atoms with Crippen LogP contribution in [-0.2, 0) is 17.6 Å². The first-order valence-electron chi connectivity index (χ1n) is 9.28. The topological polar surface area (TPSA) is 71.1 Å². The average molecular weight is 367 g/mol. The van der Waals surface area contributed by atoms with Crippen molar-refractivity contribution in [2.24, 2.45) is 5.92 Å². The molecule has 0 aliphatic carbocycles. The number of nitrogens with zero attached hydrogens (tertiary/aromatic N) is 1. The fourth-order valence-corrected chi connectivity index (χ4v) is 2.77. The molecule has 0 fully saturated rings. The van der Waals surface area contributed by atoms with Crippen LogP contribution < -0.4 is 10.6 Å². The molecule has 0 aliphatic heterocycles. The summed E-state index contributed by atoms with van der Waals surface area (Å²) < 4.78 is 0. The monoisotopic (exact) mass is 367 g/mol. The Kier molecular flexibility index (Phi) is 6.72. The highest BCUT2D eigenvalue weighted by Gasteiger charge is 2.16. The zero-order valence-electron chi connectivity index (χ0n) is 16.8. The van der Waals surface area contributed by atoms with E-state index in [1.807, 2.05) is 32.9 Å². The largest absolute Gasteiger partial charge is 0.346 e. The highest BCUT2D eigenvalue weighted by Crippen LogP contribution is 2.13. The second-order valence-electron chi connectivity index (χ2n) is 8.28. The third kappa shape index (κ3) is 7.21. The van der Waals surface area contributed by atoms with Crippen LogP contribution in [0.5, 0.6) is 0 Å². The summed E-state index contributed by atoms with van der Waals surface area (Å²) in [5, 5.41) is 5.71. The molecule has 1 heterocycles. The number of rotatable bonds is 6. The van der Waals surface area contributed by atoms with Gasteiger partial charge in [-0.05, 0) is 56.4 Å². The molecular weight excluding hydrogens is 338 g/mol. The van der Waals surface area contributed by atoms with E-state index in [0.717, 1.165) is 12.0 Å². The SMILES string of the molecule is CC(C)Cc1cccc(CC(=O)Nc2ccnc(C(=O)NC(C)(C)C)c2)c1. The van der Waals surface area contributed by atoms with Crippen LogP contribution in [0.2, 0.25) is 0 Å². The molecule has 0 saturated heterocycles. The Morgan fingerprint density at radius 1 is 1.07 bits per heavy atom. The van der Waals surface area contributed by atoms with E-state index in [-0.39, 0.29) is 29.5 Å². The van der Waals surface area contributed by atoms with Gasteiger partial charge in [-0.25, -0.2) is 0 Å². The maximum absolute atomic E-state index is 12.4. The Labute approximate surface area is 161 Å². The van der Waals surface area contributed by atoms with Crippen LogP contribution in [0.1, 0.15) is 56.2 Å². The van der Waals surface area contributed by atoms with Gasteiger partial charge in [0.25, 0.3) is 5.91 Å². The third-order valence-electron chi connectivity index (χ3n) is 3.76. The molecule has 1 aromatic carbocycles. The third-order valence-corrected chi connectivity index (χ3v) is 3.76. The summed E-state index contributed by atoms with van der Waals surface area (Å²) in [6, 6.07) is 11.4. The standard InChI is InChI=1S/C22H29N3O2/c1-15(2)11-16-7-6-8-17(12-16)13-20(26)24-18-9-10-23-19(14-18)21(27)25-22(3,4)5/h6-10,12,14-15H,11,13H2,1-5H3,(H,25,27)(H,23,24,26). The van der Waals surface area contributed by atoms with Crippen LogP contribution in [0.4, 0.5) is 5.69 Å². The number of carbonyl (C=O) groups excluding carboxylic acids is 2. The summed E-state index contributed by atoms with van der Waals surface area (Å²) >= 11 is 0. The number of pyridine rings is 1. The van der Waals surface area contributed by atoms with Crippen molar-refractivity contribution in [3.05, 3.63) is 59.4 Å². The van der Waals surface area contributed by atoms with E-state index < -0.39 is 0 Å². The lowest BCUT2D eigenvalue weighted by Gasteiger charge is -2.20. The van der Waals surface area contributed by atoms with E-state index in [2.05, 4.69) is 41.6 Å². The van der Waals surface area contributed by atoms with Crippen LogP contribution in [0.15, 0.2) is 42.6 Å². The van der Waals surface area contributed by atoms with E-state index in [1.54, 1.807) is 12.1 Å². The molecule has 0 radical (unpaired) electrons. The van der Waals surface area contributed by atoms with Crippen molar-refractivity contribution in [1.29, 1.82) is 0 Å². The van der Waals surface area contributed by atoms with Gasteiger partial charge in [0.15, 0.2) is 0 Å². The van der Waals surface area contributed by atoms with Gasteiger partial charge in [-0.1, -0.05) is 38.1 Å². The Morgan fingerprint density at radius 3 is 2.44 bits per heavy atom. The highest BCUT2D eigenvalue weighted by molar-refractivity contribution is 5.96. The first-order chi connectivity index (χ1) is 12.6. The van der Waals surface area contributed by atoms with Gasteiger partial charge in [0.05, 0.1) is 6.42 Å². The summed E-state index contributed by atoms with van der Waals surface area (Å²) in [5.74, 6) is 0.189. The van der Waals surface area contributed by atoms with Crippen LogP contribution in [0, 0.1) is 5.92 Å². The first-order valence-corrected chi connectivity index (χ1v) is 9.28. The molecule has 0 spiro atoms. The average Bonchev–Trinajstić information content (AvgIpc) is 2.53. The van der Waals surface area contributed by atoms with Crippen molar-refractivity contribution >= 4 is 17.5 Å². The summed E-state index contributed by atoms with van der Waals surface area (Å²) in [6.45, 7) is 10.1. The molecule has 5 heteroatoms. The number of amides is 2. The van der Waals surface area contributed by atoms with Crippen molar-refractivity contribution < 1.29 is 9.59 Å². The molecule has 0 aliphatic rings. The van der Waals surface area contributed by atoms with Gasteiger partial charge in [-0.2, -0.15) is 0 Å². The molecular formula is C22H29N3O2. The van der Waals surface area contributed by atoms with Gasteiger partial charge >= 0.3 is 0 Å². The fraction of sp³-hybridized carbons (Fsp3) is 0.409. The van der Waals surface area contributed by atoms with Crippen molar-refractivity contribution in [1.82, 2.24) is 10.3 Å². The molecule has 27 heavy (non-hydrogen) atoms. The van der Waals surface area contributed by atoms with Crippen LogP contribution in [-0.4, -0.2) is 22.3 Å². The predicted molar refractivity (Wildman–Crippen MR) is 109 cm³/mol. The minimum Gasteiger partial charge on any atom is -0.346 e. The molecule has 1 aromatic heterocycles. The number of carbonyl (C=O) groups is 2. The molecule has 5 nitrogen and oxygen atoms in total. The molecule has 0 saturated carbocycles. The number of benzene rings is 1. The second kappa shape index (κ2) is 8.80. The lowest BCUT2D eigenvalue weighted by molar-refractivity contribution is -0.115. The maximum atomic E-state index is 12.4. The zero-order chi connectivity index (χ0) is 20.0. The number of aromatic nitrogens is 1. The smallest absolute Gasteiger partial charge is 0.270 e. The van der Waals surface area contributed by atoms with Gasteiger partial charge in [0.1, 0.15) is 5.69 Å². The van der Waals surface area contributed by atoms with Crippen LogP contribution >= 0.6 is 0 Å². The van der Waals surface area contributed by atoms with Crippen LogP contribution in [0.25, 0.3) is 0 Å². The number of hydrogen-bond donors (Lipinski definition) is 2. The van der Waals surface area contributed by atoms with Gasteiger partial charge in [0, 0.05) is 17.4 Å². The van der Waals surface area contributed by atoms with Gasteiger partial charge in [-0.3, -0.25) is 14.6 Å². The quantitative estimate of drug-likeness (QED) is 0.811. The van der Waals surface area contributed by atoms with Gasteiger partial charge < -0.3 is 10.6 Å². The number of anilines is 1. The molecule has 0 bridgehead atoms. The Hall–Kier alpha value is -2.69. The van der Waals surface area contributed by atoms with E-state index in [0.29, 0.717) is 11.6 Å². The Morgan fingerprint density at radius 2 is 1.78 bits per heavy atom. The summed E-state index contributed by atoms with van der Waals surface area (Å²) in [6.07, 6.45) is 2.81. The lowest BCUT2D eigenvalue weighted by atomic mass is 10.00. The van der Waals surface area contributed by atoms with Crippen molar-refractivity contribution in [2.45, 2.75) is 53.0 Å².